The van der Waals surface area contributed by atoms with Crippen LogP contribution < -0.4 is 29.1 Å². The molecule has 5 N–H and O–H groups in total. The maximum absolute atomic E-state index is 14.3. The molecule has 18 heteroatoms. The third kappa shape index (κ3) is 10.00. The lowest BCUT2D eigenvalue weighted by atomic mass is 9.59. The number of aliphatic hydroxyl groups is 2. The van der Waals surface area contributed by atoms with E-state index in [1.54, 1.807) is 44.3 Å². The lowest BCUT2D eigenvalue weighted by molar-refractivity contribution is -0.384. The van der Waals surface area contributed by atoms with Gasteiger partial charge in [0.05, 0.1) is 33.1 Å². The molecule has 2 saturated heterocycles. The number of rotatable bonds is 14. The maximum Gasteiger partial charge on any atom is 0.297 e. The molecule has 0 bridgehead atoms. The molecule has 0 unspecified atom stereocenters. The van der Waals surface area contributed by atoms with Crippen LogP contribution in [-0.2, 0) is 10.0 Å². The van der Waals surface area contributed by atoms with Crippen LogP contribution in [0, 0.1) is 21.4 Å². The first-order chi connectivity index (χ1) is 33.9. The highest BCUT2D eigenvalue weighted by Gasteiger charge is 2.50. The van der Waals surface area contributed by atoms with E-state index >= 15 is 0 Å². The van der Waals surface area contributed by atoms with Crippen LogP contribution in [0.3, 0.4) is 0 Å². The number of carbonyl (C=O) groups excluding carboxylic acids is 1. The fourth-order valence-corrected chi connectivity index (χ4v) is 12.8. The summed E-state index contributed by atoms with van der Waals surface area (Å²) in [5, 5.41) is 37.0. The van der Waals surface area contributed by atoms with Gasteiger partial charge in [-0.15, -0.1) is 0 Å². The van der Waals surface area contributed by atoms with Crippen molar-refractivity contribution in [1.82, 2.24) is 19.6 Å². The normalized spacial score (nSPS) is 23.9. The molecule has 2 aliphatic carbocycles. The molecule has 3 atom stereocenters. The van der Waals surface area contributed by atoms with Gasteiger partial charge in [0, 0.05) is 60.6 Å². The van der Waals surface area contributed by atoms with Crippen molar-refractivity contribution in [1.29, 1.82) is 0 Å². The molecule has 378 valence electrons. The Morgan fingerprint density at radius 3 is 2.49 bits per heavy atom. The number of aromatic amines is 1. The second kappa shape index (κ2) is 19.2. The Kier molecular flexibility index (Phi) is 13.2. The highest BCUT2D eigenvalue weighted by molar-refractivity contribution is 7.90. The molecule has 1 amide bonds. The van der Waals surface area contributed by atoms with Crippen LogP contribution in [0.2, 0.25) is 0 Å². The van der Waals surface area contributed by atoms with E-state index in [1.807, 2.05) is 0 Å². The first-order valence-electron chi connectivity index (χ1n) is 25.2. The second-order valence-electron chi connectivity index (χ2n) is 21.3. The number of nitro groups is 1. The Labute approximate surface area is 414 Å². The van der Waals surface area contributed by atoms with E-state index in [-0.39, 0.29) is 65.0 Å². The number of piperidine rings is 1. The number of H-pyrrole nitrogens is 1. The number of hydrogen-bond donors (Lipinski definition) is 5. The predicted molar refractivity (Wildman–Crippen MR) is 269 cm³/mol. The summed E-state index contributed by atoms with van der Waals surface area (Å²) >= 11 is 0. The van der Waals surface area contributed by atoms with E-state index < -0.39 is 43.1 Å². The number of sulfonamides is 1. The van der Waals surface area contributed by atoms with Gasteiger partial charge in [-0.2, -0.15) is 4.98 Å². The summed E-state index contributed by atoms with van der Waals surface area (Å²) in [5.41, 5.74) is 3.12. The molecule has 17 nitrogen and oxygen atoms in total. The number of carbonyl (C=O) groups is 1. The smallest absolute Gasteiger partial charge is 0.297 e. The minimum Gasteiger partial charge on any atom is -0.489 e. The molecule has 5 heterocycles. The molecule has 3 aromatic carbocycles. The van der Waals surface area contributed by atoms with E-state index in [0.29, 0.717) is 54.7 Å². The zero-order valence-electron chi connectivity index (χ0n) is 40.9. The number of ether oxygens (including phenoxy) is 3. The first-order valence-corrected chi connectivity index (χ1v) is 26.6. The van der Waals surface area contributed by atoms with Gasteiger partial charge in [-0.1, -0.05) is 38.1 Å². The summed E-state index contributed by atoms with van der Waals surface area (Å²) in [5.74, 6) is -0.290. The van der Waals surface area contributed by atoms with E-state index in [1.165, 1.54) is 36.1 Å². The number of hydrogen-bond acceptors (Lipinski definition) is 14. The van der Waals surface area contributed by atoms with Gasteiger partial charge in [-0.05, 0) is 137 Å². The van der Waals surface area contributed by atoms with Gasteiger partial charge >= 0.3 is 0 Å². The summed E-state index contributed by atoms with van der Waals surface area (Å²) in [6.07, 6.45) is 10.2. The van der Waals surface area contributed by atoms with E-state index in [0.717, 1.165) is 57.1 Å². The van der Waals surface area contributed by atoms with E-state index in [4.69, 9.17) is 14.2 Å². The molecule has 71 heavy (non-hydrogen) atoms. The molecule has 5 aromatic rings. The maximum atomic E-state index is 14.3. The number of amides is 1. The van der Waals surface area contributed by atoms with Crippen LogP contribution in [0.25, 0.3) is 11.0 Å². The van der Waals surface area contributed by atoms with Crippen molar-refractivity contribution in [3.05, 3.63) is 99.7 Å². The molecule has 1 spiro atoms. The number of benzene rings is 3. The van der Waals surface area contributed by atoms with Crippen molar-refractivity contribution < 1.29 is 42.6 Å². The van der Waals surface area contributed by atoms with Crippen LogP contribution in [0.1, 0.15) is 125 Å². The minimum absolute atomic E-state index is 0.0229. The molecule has 0 radical (unpaired) electrons. The van der Waals surface area contributed by atoms with Crippen molar-refractivity contribution in [2.75, 3.05) is 43.1 Å². The highest BCUT2D eigenvalue weighted by atomic mass is 32.2. The average Bonchev–Trinajstić information content (AvgIpc) is 4.02. The van der Waals surface area contributed by atoms with Crippen molar-refractivity contribution in [3.8, 4) is 23.1 Å². The van der Waals surface area contributed by atoms with Crippen molar-refractivity contribution in [3.63, 3.8) is 0 Å². The molecule has 3 aliphatic heterocycles. The molecular formula is C53H65N7O10S. The Hall–Kier alpha value is -5.95. The third-order valence-electron chi connectivity index (χ3n) is 15.8. The largest absolute Gasteiger partial charge is 0.489 e. The summed E-state index contributed by atoms with van der Waals surface area (Å²) in [6.45, 7) is 10.7. The van der Waals surface area contributed by atoms with Crippen molar-refractivity contribution in [2.24, 2.45) is 11.3 Å². The molecule has 2 saturated carbocycles. The second-order valence-corrected chi connectivity index (χ2v) is 23.0. The van der Waals surface area contributed by atoms with Crippen molar-refractivity contribution in [2.45, 2.75) is 133 Å². The van der Waals surface area contributed by atoms with Gasteiger partial charge in [0.15, 0.2) is 17.2 Å². The molecule has 4 fully saturated rings. The standard InChI is InChI=1S/C53H65N7O10S/c1-32(2)39-8-5-6-9-40(39)43-10-7-21-59(43)37-28-53(29-37)18-22-58(23-19-53)36-11-12-41(45(25-36)70-47-24-35-15-20-54-49(35)56-51(47)69-30-33(3)61)50(62)57-71(66,67)38-26-44(60(64)65)48-46(27-38)68-31-42(55-48)34-13-16-52(4,63)17-14-34/h5-6,8-9,11-12,15,20,24-27,32-34,37,42-43,55,61,63H,7,10,13-14,16-19,21-23,28-31H2,1-4H3,(H,54,56)(H,57,62)/t33-,34-,42-,43-,52-/m1/s1. The molecule has 5 aliphatic rings. The van der Waals surface area contributed by atoms with E-state index in [2.05, 4.69) is 67.9 Å². The Morgan fingerprint density at radius 2 is 1.76 bits per heavy atom. The van der Waals surface area contributed by atoms with E-state index in [9.17, 15) is 33.5 Å². The number of fused-ring (bicyclic) bond motifs is 2. The lowest BCUT2D eigenvalue weighted by Crippen LogP contribution is -2.54. The van der Waals surface area contributed by atoms with Crippen LogP contribution in [0.15, 0.2) is 77.8 Å². The number of nitrogens with zero attached hydrogens (tertiary/aromatic N) is 4. The SMILES string of the molecule is CC(C)c1ccccc1[C@H]1CCCN1C1CC2(CCN(c3ccc(C(=O)NS(=O)(=O)c4cc5c(c([N+](=O)[O-])c4)N[C@@H]([C@H]4CC[C@](C)(O)CC4)CO5)c(Oc4cc5cc[nH]c5nc4OC[C@@H](C)O)c3)CC2)C1. The van der Waals surface area contributed by atoms with Gasteiger partial charge in [0.2, 0.25) is 0 Å². The highest BCUT2D eigenvalue weighted by Crippen LogP contribution is 2.54. The number of aliphatic hydroxyl groups excluding tert-OH is 1. The Morgan fingerprint density at radius 1 is 1.00 bits per heavy atom. The number of anilines is 2. The molecular weight excluding hydrogens is 927 g/mol. The lowest BCUT2D eigenvalue weighted by Gasteiger charge is -2.56. The fraction of sp³-hybridized carbons (Fsp3) is 0.509. The van der Waals surface area contributed by atoms with Gasteiger partial charge in [0.25, 0.3) is 27.5 Å². The molecule has 2 aromatic heterocycles. The third-order valence-corrected chi connectivity index (χ3v) is 17.1. The van der Waals surface area contributed by atoms with Crippen LogP contribution in [0.4, 0.5) is 17.1 Å². The number of aromatic nitrogens is 2. The van der Waals surface area contributed by atoms with Crippen molar-refractivity contribution >= 4 is 44.0 Å². The quantitative estimate of drug-likeness (QED) is 0.0518. The van der Waals surface area contributed by atoms with Crippen LogP contribution in [-0.4, -0.2) is 101 Å². The number of nitrogens with one attached hydrogen (secondary N) is 3. The van der Waals surface area contributed by atoms with Gasteiger partial charge in [0.1, 0.15) is 24.6 Å². The topological polar surface area (TPSA) is 222 Å². The molecule has 10 rings (SSSR count). The monoisotopic (exact) mass is 991 g/mol. The summed E-state index contributed by atoms with van der Waals surface area (Å²) in [4.78, 5) is 38.3. The van der Waals surface area contributed by atoms with Crippen LogP contribution in [0.5, 0.6) is 23.1 Å². The fourth-order valence-electron chi connectivity index (χ4n) is 11.8. The minimum atomic E-state index is -4.74. The average molecular weight is 992 g/mol. The zero-order chi connectivity index (χ0) is 49.8. The predicted octanol–water partition coefficient (Wildman–Crippen LogP) is 8.97. The summed E-state index contributed by atoms with van der Waals surface area (Å²) < 4.78 is 48.8. The summed E-state index contributed by atoms with van der Waals surface area (Å²) in [7, 11) is -4.74. The van der Waals surface area contributed by atoms with Gasteiger partial charge < -0.3 is 39.6 Å². The number of pyridine rings is 1. The Bertz CT molecular complexity index is 2910. The number of nitro benzene ring substituents is 1. The Balaban J connectivity index is 0.891. The van der Waals surface area contributed by atoms with Gasteiger partial charge in [-0.3, -0.25) is 19.8 Å². The van der Waals surface area contributed by atoms with Crippen LogP contribution >= 0.6 is 0 Å². The summed E-state index contributed by atoms with van der Waals surface area (Å²) in [6, 6.07) is 20.3. The number of likely N-dealkylation sites (tertiary alicyclic amines) is 1. The first kappa shape index (κ1) is 48.7. The zero-order valence-corrected chi connectivity index (χ0v) is 41.7. The van der Waals surface area contributed by atoms with Gasteiger partial charge in [-0.25, -0.2) is 13.1 Å².